The molecule has 2 aromatic rings. The lowest BCUT2D eigenvalue weighted by Gasteiger charge is -2.45. The highest BCUT2D eigenvalue weighted by Gasteiger charge is 2.50. The molecule has 15 heteroatoms. The molecule has 0 radical (unpaired) electrons. The molecule has 12 nitrogen and oxygen atoms in total. The zero-order chi connectivity index (χ0) is 36.4. The molecule has 0 unspecified atom stereocenters. The van der Waals surface area contributed by atoms with E-state index < -0.39 is 23.3 Å². The molecule has 2 aliphatic carbocycles. The van der Waals surface area contributed by atoms with Gasteiger partial charge in [-0.05, 0) is 37.5 Å². The van der Waals surface area contributed by atoms with Gasteiger partial charge in [0.1, 0.15) is 48.0 Å². The highest BCUT2D eigenvalue weighted by Crippen LogP contribution is 2.46. The Morgan fingerprint density at radius 2 is 1.22 bits per heavy atom. The number of nitriles is 2. The Labute approximate surface area is 296 Å². The van der Waals surface area contributed by atoms with Gasteiger partial charge < -0.3 is 24.4 Å². The van der Waals surface area contributed by atoms with E-state index in [2.05, 4.69) is 20.8 Å². The van der Waals surface area contributed by atoms with Crippen LogP contribution in [0.4, 0.5) is 13.2 Å². The maximum atomic E-state index is 13.1. The van der Waals surface area contributed by atoms with Gasteiger partial charge in [0, 0.05) is 46.7 Å². The molecular weight excluding hydrogens is 669 g/mol. The van der Waals surface area contributed by atoms with Crippen LogP contribution in [-0.4, -0.2) is 81.6 Å². The number of aromatic nitrogens is 2. The number of aliphatic hydroxyl groups excluding tert-OH is 1. The van der Waals surface area contributed by atoms with Gasteiger partial charge in [0.05, 0.1) is 38.4 Å². The minimum absolute atomic E-state index is 0. The molecule has 0 spiro atoms. The number of rotatable bonds is 5. The van der Waals surface area contributed by atoms with E-state index in [1.807, 2.05) is 19.9 Å². The van der Waals surface area contributed by atoms with Gasteiger partial charge in [0.2, 0.25) is 11.8 Å². The van der Waals surface area contributed by atoms with Gasteiger partial charge in [-0.15, -0.1) is 13.2 Å². The summed E-state index contributed by atoms with van der Waals surface area (Å²) in [6, 6.07) is 4.10. The summed E-state index contributed by atoms with van der Waals surface area (Å²) in [4.78, 5) is 37.5. The van der Waals surface area contributed by atoms with Crippen molar-refractivity contribution in [3.05, 3.63) is 47.0 Å². The van der Waals surface area contributed by atoms with Gasteiger partial charge in [-0.1, -0.05) is 35.1 Å². The monoisotopic (exact) mass is 714 g/mol. The van der Waals surface area contributed by atoms with Crippen LogP contribution >= 0.6 is 0 Å². The second kappa shape index (κ2) is 15.4. The summed E-state index contributed by atoms with van der Waals surface area (Å²) in [5.41, 5.74) is 0.785. The van der Waals surface area contributed by atoms with E-state index in [0.717, 1.165) is 5.56 Å². The number of ether oxygens (including phenoxy) is 3. The van der Waals surface area contributed by atoms with Crippen LogP contribution in [0, 0.1) is 45.3 Å². The number of pyridine rings is 2. The van der Waals surface area contributed by atoms with Gasteiger partial charge in [-0.3, -0.25) is 24.3 Å². The molecular formula is C36H45F3N6O6. The first-order valence-electron chi connectivity index (χ1n) is 16.6. The fourth-order valence-electron chi connectivity index (χ4n) is 6.92. The molecule has 1 N–H and O–H groups in total. The number of nitrogens with zero attached hydrogens (tertiary/aromatic N) is 6. The Hall–Kier alpha value is -4.47. The first-order valence-corrected chi connectivity index (χ1v) is 16.6. The van der Waals surface area contributed by atoms with Crippen molar-refractivity contribution in [1.82, 2.24) is 19.8 Å². The van der Waals surface area contributed by atoms with Crippen molar-refractivity contribution in [2.75, 3.05) is 26.3 Å². The van der Waals surface area contributed by atoms with E-state index in [0.29, 0.717) is 67.3 Å². The third kappa shape index (κ3) is 8.54. The van der Waals surface area contributed by atoms with Crippen LogP contribution in [0.5, 0.6) is 11.5 Å². The average Bonchev–Trinajstić information content (AvgIpc) is 3.40. The molecule has 51 heavy (non-hydrogen) atoms. The van der Waals surface area contributed by atoms with Crippen molar-refractivity contribution in [3.63, 3.8) is 0 Å². The van der Waals surface area contributed by atoms with Gasteiger partial charge in [-0.2, -0.15) is 10.5 Å². The maximum absolute atomic E-state index is 13.1. The minimum atomic E-state index is -4.65. The number of carbonyl (C=O) groups excluding carboxylic acids is 2. The number of amides is 2. The van der Waals surface area contributed by atoms with Crippen molar-refractivity contribution >= 4 is 11.8 Å². The zero-order valence-electron chi connectivity index (χ0n) is 28.5. The van der Waals surface area contributed by atoms with E-state index in [1.165, 1.54) is 12.4 Å². The predicted molar refractivity (Wildman–Crippen MR) is 176 cm³/mol. The third-order valence-corrected chi connectivity index (χ3v) is 10.3. The number of hydrogen-bond donors (Lipinski definition) is 1. The molecule has 2 fully saturated rings. The lowest BCUT2D eigenvalue weighted by molar-refractivity contribution is -0.356. The lowest BCUT2D eigenvalue weighted by atomic mass is 9.65. The van der Waals surface area contributed by atoms with Crippen molar-refractivity contribution in [3.8, 4) is 23.6 Å². The maximum Gasteiger partial charge on any atom is 0.522 e. The van der Waals surface area contributed by atoms with Gasteiger partial charge in [-0.25, -0.2) is 0 Å². The first kappa shape index (κ1) is 39.3. The molecule has 4 aliphatic rings. The van der Waals surface area contributed by atoms with Crippen LogP contribution in [0.25, 0.3) is 0 Å². The molecule has 0 atom stereocenters. The fourth-order valence-corrected chi connectivity index (χ4v) is 6.92. The molecule has 0 aromatic carbocycles. The topological polar surface area (TPSA) is 162 Å². The van der Waals surface area contributed by atoms with Gasteiger partial charge in [0.25, 0.3) is 0 Å². The van der Waals surface area contributed by atoms with E-state index in [-0.39, 0.29) is 63.2 Å². The number of carbonyl (C=O) groups is 2. The Morgan fingerprint density at radius 3 is 1.59 bits per heavy atom. The highest BCUT2D eigenvalue weighted by atomic mass is 19.4. The molecule has 2 amide bonds. The van der Waals surface area contributed by atoms with Crippen molar-refractivity contribution < 1.29 is 42.1 Å². The van der Waals surface area contributed by atoms with Crippen molar-refractivity contribution in [2.45, 2.75) is 92.5 Å². The molecule has 276 valence electrons. The Kier molecular flexibility index (Phi) is 11.9. The van der Waals surface area contributed by atoms with Gasteiger partial charge in [0.15, 0.2) is 0 Å². The number of alkyl halides is 3. The Morgan fingerprint density at radius 1 is 0.804 bits per heavy atom. The van der Waals surface area contributed by atoms with Crippen LogP contribution in [0.2, 0.25) is 0 Å². The molecule has 2 aliphatic heterocycles. The number of aliphatic hydroxyl groups is 1. The fraction of sp³-hybridized carbons (Fsp3) is 0.611. The smallest absolute Gasteiger partial charge is 0.490 e. The van der Waals surface area contributed by atoms with Crippen LogP contribution in [0.1, 0.15) is 83.1 Å². The van der Waals surface area contributed by atoms with Crippen LogP contribution in [0.15, 0.2) is 24.8 Å². The van der Waals surface area contributed by atoms with Crippen LogP contribution in [0.3, 0.4) is 0 Å². The summed E-state index contributed by atoms with van der Waals surface area (Å²) in [7, 11) is 0. The minimum Gasteiger partial charge on any atom is -0.490 e. The van der Waals surface area contributed by atoms with E-state index in [4.69, 9.17) is 20.0 Å². The normalized spacial score (nSPS) is 22.8. The zero-order valence-corrected chi connectivity index (χ0v) is 28.5. The summed E-state index contributed by atoms with van der Waals surface area (Å²) < 4.78 is 52.3. The second-order valence-corrected chi connectivity index (χ2v) is 14.3. The highest BCUT2D eigenvalue weighted by molar-refractivity contribution is 5.83. The Bertz CT molecular complexity index is 1670. The summed E-state index contributed by atoms with van der Waals surface area (Å²) in [5.74, 6) is 0.893. The van der Waals surface area contributed by atoms with Gasteiger partial charge >= 0.3 is 6.36 Å². The average molecular weight is 715 g/mol. The largest absolute Gasteiger partial charge is 0.522 e. The molecule has 0 saturated heterocycles. The Balaban J connectivity index is 0.000000227. The molecule has 2 aromatic heterocycles. The molecule has 4 heterocycles. The van der Waals surface area contributed by atoms with Crippen molar-refractivity contribution in [2.24, 2.45) is 22.7 Å². The lowest BCUT2D eigenvalue weighted by Crippen LogP contribution is -2.51. The van der Waals surface area contributed by atoms with Crippen LogP contribution in [-0.2, 0) is 27.4 Å². The molecule has 6 rings (SSSR count). The third-order valence-electron chi connectivity index (χ3n) is 10.3. The van der Waals surface area contributed by atoms with E-state index >= 15 is 0 Å². The summed E-state index contributed by atoms with van der Waals surface area (Å²) >= 11 is 0. The number of halogens is 3. The quantitative estimate of drug-likeness (QED) is 0.440. The predicted octanol–water partition coefficient (Wildman–Crippen LogP) is 5.12. The van der Waals surface area contributed by atoms with E-state index in [9.17, 15) is 27.9 Å². The number of hydrogen-bond acceptors (Lipinski definition) is 10. The summed E-state index contributed by atoms with van der Waals surface area (Å²) in [6.45, 7) is 9.45. The summed E-state index contributed by atoms with van der Waals surface area (Å²) in [6.07, 6.45) is 2.04. The second-order valence-electron chi connectivity index (χ2n) is 14.3. The standard InChI is InChI=1S/C18H20F3N3O3.C17H21N3O3.CH4/c1-17(2,13-5-14(6-13)27-18(19,20)21)16(25)24-3-4-26-15-11(7-22)8-23-9-12(15)10-24;1-17(2,13-5-14(21)6-13)16(22)20-3-4-23-15-11(7-18)8-19-9-12(15)10-20;/h8-9,13-14H,3-6,10H2,1-2H3;8-9,13-14,21H,3-6,10H2,1-2H3;1H4. The van der Waals surface area contributed by atoms with E-state index in [1.54, 1.807) is 36.0 Å². The number of fused-ring (bicyclic) bond motifs is 2. The van der Waals surface area contributed by atoms with Crippen molar-refractivity contribution in [1.29, 1.82) is 10.5 Å². The summed E-state index contributed by atoms with van der Waals surface area (Å²) in [5, 5.41) is 27.8. The first-order chi connectivity index (χ1) is 23.5. The van der Waals surface area contributed by atoms with Crippen LogP contribution < -0.4 is 9.47 Å². The molecule has 2 saturated carbocycles. The SMILES string of the molecule is C.CC(C)(C(=O)N1CCOc2c(C#N)cncc2C1)C1CC(O)C1.CC(C)(C(=O)N1CCOc2c(C#N)cncc2C1)C1CC(OC(F)(F)F)C1. The molecule has 0 bridgehead atoms.